The highest BCUT2D eigenvalue weighted by Gasteiger charge is 2.18. The summed E-state index contributed by atoms with van der Waals surface area (Å²) in [5.74, 6) is 0.0865. The van der Waals surface area contributed by atoms with E-state index in [1.807, 2.05) is 30.3 Å². The largest absolute Gasteiger partial charge is 0.466 e. The van der Waals surface area contributed by atoms with Crippen molar-refractivity contribution in [2.45, 2.75) is 123 Å². The molecule has 0 aliphatic rings. The smallest absolute Gasteiger partial charge is 0.306 e. The second kappa shape index (κ2) is 16.2. The quantitative estimate of drug-likeness (QED) is 0.123. The first kappa shape index (κ1) is 31.4. The molecule has 0 bridgehead atoms. The zero-order valence-electron chi connectivity index (χ0n) is 25.1. The maximum Gasteiger partial charge on any atom is 0.306 e. The van der Waals surface area contributed by atoms with E-state index in [-0.39, 0.29) is 30.1 Å². The van der Waals surface area contributed by atoms with Crippen molar-refractivity contribution in [1.29, 1.82) is 0 Å². The number of hydrogen-bond acceptors (Lipinski definition) is 5. The van der Waals surface area contributed by atoms with Gasteiger partial charge in [-0.1, -0.05) is 98.3 Å². The molecule has 2 N–H and O–H groups in total. The number of esters is 1. The van der Waals surface area contributed by atoms with Gasteiger partial charge in [0.25, 0.3) is 0 Å². The SMILES string of the molecule is CCCCCCCCCCCCCCOC(=O)CCC(=O)Nc1ccc(-c2nc3cc(C(C)(C)C)[nH]n3n2)cc1. The van der Waals surface area contributed by atoms with Crippen molar-refractivity contribution in [3.8, 4) is 11.4 Å². The summed E-state index contributed by atoms with van der Waals surface area (Å²) in [4.78, 5) is 28.9. The molecule has 1 amide bonds. The van der Waals surface area contributed by atoms with Crippen molar-refractivity contribution >= 4 is 23.2 Å². The molecule has 8 heteroatoms. The van der Waals surface area contributed by atoms with Gasteiger partial charge >= 0.3 is 5.97 Å². The van der Waals surface area contributed by atoms with Crippen LogP contribution in [0.1, 0.15) is 123 Å². The molecule has 0 spiro atoms. The molecule has 3 aromatic rings. The minimum absolute atomic E-state index is 0.00862. The predicted octanol–water partition coefficient (Wildman–Crippen LogP) is 7.98. The van der Waals surface area contributed by atoms with Crippen LogP contribution in [-0.4, -0.2) is 38.3 Å². The van der Waals surface area contributed by atoms with E-state index < -0.39 is 0 Å². The fourth-order valence-corrected chi connectivity index (χ4v) is 4.62. The number of nitrogens with zero attached hydrogens (tertiary/aromatic N) is 3. The van der Waals surface area contributed by atoms with Crippen molar-refractivity contribution in [2.75, 3.05) is 11.9 Å². The van der Waals surface area contributed by atoms with Crippen LogP contribution in [0.25, 0.3) is 17.0 Å². The summed E-state index contributed by atoms with van der Waals surface area (Å²) in [6.07, 6.45) is 15.4. The number of fused-ring (bicyclic) bond motifs is 1. The number of amides is 1. The van der Waals surface area contributed by atoms with Crippen LogP contribution >= 0.6 is 0 Å². The van der Waals surface area contributed by atoms with Gasteiger partial charge in [-0.15, -0.1) is 5.10 Å². The second-order valence-corrected chi connectivity index (χ2v) is 11.9. The van der Waals surface area contributed by atoms with E-state index in [2.05, 4.69) is 48.2 Å². The number of aromatic nitrogens is 4. The molecule has 3 rings (SSSR count). The van der Waals surface area contributed by atoms with Gasteiger partial charge in [-0.3, -0.25) is 14.7 Å². The fraction of sp³-hybridized carbons (Fsp3) is 0.625. The number of carbonyl (C=O) groups excluding carboxylic acids is 2. The molecule has 0 saturated heterocycles. The summed E-state index contributed by atoms with van der Waals surface area (Å²) in [6.45, 7) is 9.10. The van der Waals surface area contributed by atoms with E-state index in [0.29, 0.717) is 18.1 Å². The number of nitrogens with one attached hydrogen (secondary N) is 2. The Hall–Kier alpha value is -3.16. The van der Waals surface area contributed by atoms with Gasteiger partial charge in [0.2, 0.25) is 5.91 Å². The van der Waals surface area contributed by atoms with Gasteiger partial charge in [0.1, 0.15) is 0 Å². The van der Waals surface area contributed by atoms with Crippen LogP contribution in [0.15, 0.2) is 30.3 Å². The number of unbranched alkanes of at least 4 members (excludes halogenated alkanes) is 11. The number of ether oxygens (including phenoxy) is 1. The average Bonchev–Trinajstić information content (AvgIpc) is 3.51. The Morgan fingerprint density at radius 2 is 1.48 bits per heavy atom. The lowest BCUT2D eigenvalue weighted by atomic mass is 9.93. The molecule has 0 fully saturated rings. The van der Waals surface area contributed by atoms with Crippen LogP contribution in [0, 0.1) is 0 Å². The summed E-state index contributed by atoms with van der Waals surface area (Å²) in [6, 6.07) is 9.38. The van der Waals surface area contributed by atoms with Crippen LogP contribution in [0.5, 0.6) is 0 Å². The highest BCUT2D eigenvalue weighted by molar-refractivity contribution is 5.92. The minimum Gasteiger partial charge on any atom is -0.466 e. The number of anilines is 1. The molecule has 220 valence electrons. The van der Waals surface area contributed by atoms with Crippen LogP contribution in [-0.2, 0) is 19.7 Å². The van der Waals surface area contributed by atoms with E-state index in [1.54, 1.807) is 4.63 Å². The Balaban J connectivity index is 1.24. The molecule has 40 heavy (non-hydrogen) atoms. The number of aromatic amines is 1. The highest BCUT2D eigenvalue weighted by Crippen LogP contribution is 2.24. The van der Waals surface area contributed by atoms with Crippen molar-refractivity contribution in [3.63, 3.8) is 0 Å². The molecule has 0 radical (unpaired) electrons. The normalized spacial score (nSPS) is 11.7. The zero-order chi connectivity index (χ0) is 28.8. The molecule has 0 atom stereocenters. The third-order valence-electron chi connectivity index (χ3n) is 7.18. The minimum atomic E-state index is -0.315. The number of rotatable bonds is 18. The van der Waals surface area contributed by atoms with Gasteiger partial charge in [0.15, 0.2) is 11.5 Å². The summed E-state index contributed by atoms with van der Waals surface area (Å²) in [5, 5.41) is 10.6. The van der Waals surface area contributed by atoms with E-state index >= 15 is 0 Å². The highest BCUT2D eigenvalue weighted by atomic mass is 16.5. The number of H-pyrrole nitrogens is 1. The predicted molar refractivity (Wildman–Crippen MR) is 161 cm³/mol. The molecular weight excluding hydrogens is 502 g/mol. The third-order valence-corrected chi connectivity index (χ3v) is 7.18. The van der Waals surface area contributed by atoms with Crippen LogP contribution < -0.4 is 5.32 Å². The molecule has 0 aliphatic carbocycles. The Labute approximate surface area is 239 Å². The van der Waals surface area contributed by atoms with E-state index in [4.69, 9.17) is 4.74 Å². The Bertz CT molecular complexity index is 1140. The van der Waals surface area contributed by atoms with Crippen molar-refractivity contribution < 1.29 is 14.3 Å². The van der Waals surface area contributed by atoms with Crippen molar-refractivity contribution in [2.24, 2.45) is 0 Å². The van der Waals surface area contributed by atoms with Gasteiger partial charge < -0.3 is 10.1 Å². The summed E-state index contributed by atoms with van der Waals surface area (Å²) in [7, 11) is 0. The fourth-order valence-electron chi connectivity index (χ4n) is 4.62. The van der Waals surface area contributed by atoms with Crippen LogP contribution in [0.2, 0.25) is 0 Å². The molecule has 0 aliphatic heterocycles. The topological polar surface area (TPSA) is 101 Å². The van der Waals surface area contributed by atoms with Gasteiger partial charge in [0.05, 0.1) is 13.0 Å². The summed E-state index contributed by atoms with van der Waals surface area (Å²) < 4.78 is 6.99. The molecule has 0 unspecified atom stereocenters. The second-order valence-electron chi connectivity index (χ2n) is 11.9. The van der Waals surface area contributed by atoms with E-state index in [0.717, 1.165) is 29.7 Å². The van der Waals surface area contributed by atoms with Crippen molar-refractivity contribution in [3.05, 3.63) is 36.0 Å². The molecule has 2 heterocycles. The van der Waals surface area contributed by atoms with E-state index in [1.165, 1.54) is 64.2 Å². The molecular formula is C32H49N5O3. The number of hydrogen-bond donors (Lipinski definition) is 2. The number of carbonyl (C=O) groups is 2. The molecule has 2 aromatic heterocycles. The van der Waals surface area contributed by atoms with Gasteiger partial charge in [-0.05, 0) is 30.7 Å². The first-order chi connectivity index (χ1) is 19.3. The summed E-state index contributed by atoms with van der Waals surface area (Å²) in [5.41, 5.74) is 3.35. The van der Waals surface area contributed by atoms with E-state index in [9.17, 15) is 9.59 Å². The van der Waals surface area contributed by atoms with Crippen LogP contribution in [0.3, 0.4) is 0 Å². The van der Waals surface area contributed by atoms with Crippen molar-refractivity contribution in [1.82, 2.24) is 19.8 Å². The van der Waals surface area contributed by atoms with Gasteiger partial charge in [0, 0.05) is 34.8 Å². The zero-order valence-corrected chi connectivity index (χ0v) is 25.1. The van der Waals surface area contributed by atoms with Crippen LogP contribution in [0.4, 0.5) is 5.69 Å². The lowest BCUT2D eigenvalue weighted by Gasteiger charge is -2.14. The number of benzene rings is 1. The first-order valence-electron chi connectivity index (χ1n) is 15.3. The lowest BCUT2D eigenvalue weighted by Crippen LogP contribution is -2.14. The maximum atomic E-state index is 12.3. The summed E-state index contributed by atoms with van der Waals surface area (Å²) >= 11 is 0. The lowest BCUT2D eigenvalue weighted by molar-refractivity contribution is -0.144. The first-order valence-corrected chi connectivity index (χ1v) is 15.3. The Morgan fingerprint density at radius 3 is 2.05 bits per heavy atom. The molecule has 0 saturated carbocycles. The molecule has 8 nitrogen and oxygen atoms in total. The Kier molecular flexibility index (Phi) is 12.7. The third kappa shape index (κ3) is 10.8. The van der Waals surface area contributed by atoms with Gasteiger partial charge in [-0.2, -0.15) is 4.63 Å². The average molecular weight is 552 g/mol. The molecule has 1 aromatic carbocycles. The monoisotopic (exact) mass is 551 g/mol. The Morgan fingerprint density at radius 1 is 0.875 bits per heavy atom. The standard InChI is InChI=1S/C32H49N5O3/c1-5-6-7-8-9-10-11-12-13-14-15-16-23-40-30(39)22-21-29(38)33-26-19-17-25(18-20-26)31-34-28-24-27(32(2,3)4)35-37(28)36-31/h17-20,24,35H,5-16,21-23H2,1-4H3,(H,33,38). The van der Waals surface area contributed by atoms with Gasteiger partial charge in [-0.25, -0.2) is 4.98 Å². The maximum absolute atomic E-state index is 12.3.